The predicted octanol–water partition coefficient (Wildman–Crippen LogP) is 4.25. The molecule has 3 heterocycles. The molecule has 164 valence electrons. The SMILES string of the molecule is Cc1cc(C)n(CC(=O)N/N=C/c2cn(-c3ccccc3)nc2-c2cc3ccccc3o2)n1. The zero-order chi connectivity index (χ0) is 22.8. The van der Waals surface area contributed by atoms with E-state index < -0.39 is 0 Å². The minimum absolute atomic E-state index is 0.0940. The van der Waals surface area contributed by atoms with E-state index in [1.807, 2.05) is 86.8 Å². The standard InChI is InChI=1S/C25H22N6O2/c1-17-12-18(2)30(28-17)16-24(32)27-26-14-20-15-31(21-9-4-3-5-10-21)29-25(20)23-13-19-8-6-7-11-22(19)33-23/h3-15H,16H2,1-2H3,(H,27,32)/b26-14+. The Kier molecular flexibility index (Phi) is 5.32. The molecule has 2 aromatic carbocycles. The lowest BCUT2D eigenvalue weighted by atomic mass is 10.2. The highest BCUT2D eigenvalue weighted by molar-refractivity contribution is 5.91. The van der Waals surface area contributed by atoms with Crippen LogP contribution >= 0.6 is 0 Å². The van der Waals surface area contributed by atoms with Gasteiger partial charge >= 0.3 is 0 Å². The van der Waals surface area contributed by atoms with E-state index in [0.717, 1.165) is 28.0 Å². The monoisotopic (exact) mass is 438 g/mol. The van der Waals surface area contributed by atoms with E-state index in [9.17, 15) is 4.79 Å². The molecule has 0 bridgehead atoms. The van der Waals surface area contributed by atoms with Gasteiger partial charge in [-0.3, -0.25) is 9.48 Å². The number of nitrogens with one attached hydrogen (secondary N) is 1. The van der Waals surface area contributed by atoms with Crippen LogP contribution in [-0.4, -0.2) is 31.7 Å². The number of rotatable bonds is 6. The lowest BCUT2D eigenvalue weighted by Gasteiger charge is -2.02. The number of hydrazone groups is 1. The lowest BCUT2D eigenvalue weighted by Crippen LogP contribution is -2.24. The zero-order valence-corrected chi connectivity index (χ0v) is 18.3. The van der Waals surface area contributed by atoms with Crippen LogP contribution in [0, 0.1) is 13.8 Å². The van der Waals surface area contributed by atoms with Crippen LogP contribution in [0.3, 0.4) is 0 Å². The second-order valence-corrected chi connectivity index (χ2v) is 7.74. The molecule has 8 nitrogen and oxygen atoms in total. The molecule has 0 aliphatic carbocycles. The number of furan rings is 1. The van der Waals surface area contributed by atoms with Gasteiger partial charge in [0.2, 0.25) is 0 Å². The molecule has 0 fully saturated rings. The highest BCUT2D eigenvalue weighted by Gasteiger charge is 2.16. The Hall–Kier alpha value is -4.46. The number of hydrogen-bond acceptors (Lipinski definition) is 5. The number of hydrogen-bond donors (Lipinski definition) is 1. The number of carbonyl (C=O) groups is 1. The maximum absolute atomic E-state index is 12.3. The average molecular weight is 438 g/mol. The molecule has 0 spiro atoms. The molecular formula is C25H22N6O2. The summed E-state index contributed by atoms with van der Waals surface area (Å²) < 4.78 is 9.44. The van der Waals surface area contributed by atoms with Crippen molar-refractivity contribution in [1.82, 2.24) is 25.0 Å². The molecule has 0 saturated carbocycles. The molecule has 0 saturated heterocycles. The third-order valence-corrected chi connectivity index (χ3v) is 5.21. The Morgan fingerprint density at radius 3 is 2.61 bits per heavy atom. The molecular weight excluding hydrogens is 416 g/mol. The Labute approximate surface area is 190 Å². The van der Waals surface area contributed by atoms with Crippen LogP contribution in [0.5, 0.6) is 0 Å². The molecule has 5 rings (SSSR count). The van der Waals surface area contributed by atoms with Crippen LogP contribution in [0.2, 0.25) is 0 Å². The molecule has 0 aliphatic heterocycles. The largest absolute Gasteiger partial charge is 0.454 e. The first-order chi connectivity index (χ1) is 16.1. The van der Waals surface area contributed by atoms with Crippen molar-refractivity contribution in [2.75, 3.05) is 0 Å². The van der Waals surface area contributed by atoms with Crippen LogP contribution in [0.4, 0.5) is 0 Å². The van der Waals surface area contributed by atoms with Crippen molar-refractivity contribution in [2.24, 2.45) is 5.10 Å². The Morgan fingerprint density at radius 2 is 1.85 bits per heavy atom. The van der Waals surface area contributed by atoms with Crippen molar-refractivity contribution in [2.45, 2.75) is 20.4 Å². The number of benzene rings is 2. The number of nitrogens with zero attached hydrogens (tertiary/aromatic N) is 5. The number of para-hydroxylation sites is 2. The summed E-state index contributed by atoms with van der Waals surface area (Å²) in [5.74, 6) is 0.361. The van der Waals surface area contributed by atoms with Crippen LogP contribution in [0.1, 0.15) is 17.0 Å². The van der Waals surface area contributed by atoms with Crippen molar-refractivity contribution in [1.29, 1.82) is 0 Å². The topological polar surface area (TPSA) is 90.2 Å². The smallest absolute Gasteiger partial charge is 0.261 e. The van der Waals surface area contributed by atoms with E-state index in [1.54, 1.807) is 15.6 Å². The third kappa shape index (κ3) is 4.31. The van der Waals surface area contributed by atoms with Crippen LogP contribution in [0.25, 0.3) is 28.1 Å². The van der Waals surface area contributed by atoms with E-state index in [-0.39, 0.29) is 12.5 Å². The quantitative estimate of drug-likeness (QED) is 0.317. The average Bonchev–Trinajstić information content (AvgIpc) is 3.51. The molecule has 0 unspecified atom stereocenters. The predicted molar refractivity (Wildman–Crippen MR) is 126 cm³/mol. The fourth-order valence-corrected chi connectivity index (χ4v) is 3.67. The van der Waals surface area contributed by atoms with Gasteiger partial charge < -0.3 is 4.42 Å². The first kappa shape index (κ1) is 20.4. The number of amides is 1. The Morgan fingerprint density at radius 1 is 1.06 bits per heavy atom. The number of aryl methyl sites for hydroxylation is 2. The van der Waals surface area contributed by atoms with Gasteiger partial charge in [-0.1, -0.05) is 36.4 Å². The lowest BCUT2D eigenvalue weighted by molar-refractivity contribution is -0.121. The number of fused-ring (bicyclic) bond motifs is 1. The molecule has 5 aromatic rings. The van der Waals surface area contributed by atoms with Crippen LogP contribution in [-0.2, 0) is 11.3 Å². The van der Waals surface area contributed by atoms with Crippen molar-refractivity contribution in [3.8, 4) is 17.1 Å². The van der Waals surface area contributed by atoms with Crippen LogP contribution in [0.15, 0.2) is 82.4 Å². The highest BCUT2D eigenvalue weighted by Crippen LogP contribution is 2.29. The molecule has 0 atom stereocenters. The van der Waals surface area contributed by atoms with Crippen molar-refractivity contribution < 1.29 is 9.21 Å². The summed E-state index contributed by atoms with van der Waals surface area (Å²) in [6, 6.07) is 21.5. The van der Waals surface area contributed by atoms with E-state index in [1.165, 1.54) is 0 Å². The van der Waals surface area contributed by atoms with Crippen molar-refractivity contribution in [3.63, 3.8) is 0 Å². The maximum atomic E-state index is 12.3. The molecule has 1 amide bonds. The first-order valence-corrected chi connectivity index (χ1v) is 10.5. The highest BCUT2D eigenvalue weighted by atomic mass is 16.3. The molecule has 1 N–H and O–H groups in total. The normalized spacial score (nSPS) is 11.5. The van der Waals surface area contributed by atoms with Gasteiger partial charge in [-0.15, -0.1) is 0 Å². The van der Waals surface area contributed by atoms with E-state index in [4.69, 9.17) is 9.52 Å². The van der Waals surface area contributed by atoms with Crippen LogP contribution < -0.4 is 5.43 Å². The maximum Gasteiger partial charge on any atom is 0.261 e. The second kappa shape index (κ2) is 8.58. The zero-order valence-electron chi connectivity index (χ0n) is 18.3. The Bertz CT molecular complexity index is 1430. The third-order valence-electron chi connectivity index (χ3n) is 5.21. The summed E-state index contributed by atoms with van der Waals surface area (Å²) in [7, 11) is 0. The molecule has 8 heteroatoms. The van der Waals surface area contributed by atoms with Crippen molar-refractivity contribution in [3.05, 3.63) is 89.9 Å². The van der Waals surface area contributed by atoms with E-state index >= 15 is 0 Å². The van der Waals surface area contributed by atoms with Gasteiger partial charge in [-0.05, 0) is 44.2 Å². The summed E-state index contributed by atoms with van der Waals surface area (Å²) in [5.41, 5.74) is 7.39. The summed E-state index contributed by atoms with van der Waals surface area (Å²) >= 11 is 0. The summed E-state index contributed by atoms with van der Waals surface area (Å²) in [5, 5.41) is 14.2. The summed E-state index contributed by atoms with van der Waals surface area (Å²) in [6.45, 7) is 3.90. The minimum atomic E-state index is -0.266. The molecule has 3 aromatic heterocycles. The molecule has 0 radical (unpaired) electrons. The summed E-state index contributed by atoms with van der Waals surface area (Å²) in [6.07, 6.45) is 3.43. The number of carbonyl (C=O) groups excluding carboxylic acids is 1. The molecule has 33 heavy (non-hydrogen) atoms. The van der Waals surface area contributed by atoms with Gasteiger partial charge in [0.15, 0.2) is 5.76 Å². The number of aromatic nitrogens is 4. The fraction of sp³-hybridized carbons (Fsp3) is 0.120. The second-order valence-electron chi connectivity index (χ2n) is 7.74. The van der Waals surface area contributed by atoms with E-state index in [2.05, 4.69) is 15.6 Å². The van der Waals surface area contributed by atoms with Crippen molar-refractivity contribution >= 4 is 23.1 Å². The Balaban J connectivity index is 1.43. The fourth-order valence-electron chi connectivity index (χ4n) is 3.67. The van der Waals surface area contributed by atoms with Gasteiger partial charge in [0.25, 0.3) is 5.91 Å². The van der Waals surface area contributed by atoms with Gasteiger partial charge in [0.1, 0.15) is 17.8 Å². The minimum Gasteiger partial charge on any atom is -0.454 e. The van der Waals surface area contributed by atoms with Gasteiger partial charge in [-0.2, -0.15) is 15.3 Å². The van der Waals surface area contributed by atoms with E-state index in [0.29, 0.717) is 17.0 Å². The van der Waals surface area contributed by atoms with Gasteiger partial charge in [-0.25, -0.2) is 10.1 Å². The molecule has 0 aliphatic rings. The summed E-state index contributed by atoms with van der Waals surface area (Å²) in [4.78, 5) is 12.3. The van der Waals surface area contributed by atoms with Gasteiger partial charge in [0, 0.05) is 22.8 Å². The van der Waals surface area contributed by atoms with Gasteiger partial charge in [0.05, 0.1) is 17.6 Å². The first-order valence-electron chi connectivity index (χ1n) is 10.5.